The first-order chi connectivity index (χ1) is 9.22. The topological polar surface area (TPSA) is 91.2 Å². The number of nitrogens with zero attached hydrogens (tertiary/aromatic N) is 2. The van der Waals surface area contributed by atoms with Gasteiger partial charge in [0.15, 0.2) is 0 Å². The largest absolute Gasteiger partial charge is 0.465 e. The van der Waals surface area contributed by atoms with Gasteiger partial charge in [-0.1, -0.05) is 0 Å². The molecule has 0 atom stereocenters. The number of carbonyl (C=O) groups excluding carboxylic acids is 1. The van der Waals surface area contributed by atoms with Gasteiger partial charge in [0, 0.05) is 5.54 Å². The number of nitrogens with one attached hydrogen (secondary N) is 1. The van der Waals surface area contributed by atoms with Gasteiger partial charge in [-0.05, 0) is 46.5 Å². The van der Waals surface area contributed by atoms with Crippen LogP contribution in [0.4, 0.5) is 9.59 Å². The van der Waals surface area contributed by atoms with Gasteiger partial charge in [-0.15, -0.1) is 0 Å². The van der Waals surface area contributed by atoms with Crippen molar-refractivity contribution in [2.24, 2.45) is 5.10 Å². The summed E-state index contributed by atoms with van der Waals surface area (Å²) in [4.78, 5) is 24.2. The Morgan fingerprint density at radius 2 is 2.00 bits per heavy atom. The van der Waals surface area contributed by atoms with Gasteiger partial charge in [0.2, 0.25) is 0 Å². The fourth-order valence-corrected chi connectivity index (χ4v) is 2.39. The maximum absolute atomic E-state index is 11.5. The third-order valence-electron chi connectivity index (χ3n) is 3.55. The first-order valence-corrected chi connectivity index (χ1v) is 6.77. The van der Waals surface area contributed by atoms with Crippen LogP contribution in [0.2, 0.25) is 0 Å². The van der Waals surface area contributed by atoms with Crippen molar-refractivity contribution >= 4 is 17.9 Å². The maximum Gasteiger partial charge on any atom is 0.428 e. The Kier molecular flexibility index (Phi) is 3.62. The number of amides is 2. The van der Waals surface area contributed by atoms with Crippen molar-refractivity contribution in [1.82, 2.24) is 10.3 Å². The fourth-order valence-electron chi connectivity index (χ4n) is 2.39. The van der Waals surface area contributed by atoms with E-state index in [0.29, 0.717) is 12.1 Å². The zero-order valence-electron chi connectivity index (χ0n) is 12.1. The van der Waals surface area contributed by atoms with E-state index in [1.54, 1.807) is 20.8 Å². The summed E-state index contributed by atoms with van der Waals surface area (Å²) in [5, 5.41) is 13.2. The number of hydrazone groups is 1. The van der Waals surface area contributed by atoms with Gasteiger partial charge < -0.3 is 9.84 Å². The number of rotatable bonds is 1. The van der Waals surface area contributed by atoms with Crippen molar-refractivity contribution < 1.29 is 19.4 Å². The normalized spacial score (nSPS) is 22.8. The van der Waals surface area contributed by atoms with Gasteiger partial charge in [-0.3, -0.25) is 4.90 Å². The van der Waals surface area contributed by atoms with Crippen molar-refractivity contribution in [3.63, 3.8) is 0 Å². The van der Waals surface area contributed by atoms with Crippen molar-refractivity contribution in [2.75, 3.05) is 6.54 Å². The Labute approximate surface area is 118 Å². The van der Waals surface area contributed by atoms with Crippen molar-refractivity contribution in [1.29, 1.82) is 0 Å². The van der Waals surface area contributed by atoms with Gasteiger partial charge in [-0.2, -0.15) is 5.10 Å². The van der Waals surface area contributed by atoms with Crippen LogP contribution in [0.5, 0.6) is 0 Å². The second-order valence-electron chi connectivity index (χ2n) is 6.38. The molecule has 2 aliphatic rings. The van der Waals surface area contributed by atoms with Crippen molar-refractivity contribution in [2.45, 2.75) is 57.6 Å². The second kappa shape index (κ2) is 4.96. The minimum absolute atomic E-state index is 0.170. The van der Waals surface area contributed by atoms with Crippen LogP contribution in [0.3, 0.4) is 0 Å². The molecule has 0 unspecified atom stereocenters. The van der Waals surface area contributed by atoms with Gasteiger partial charge in [0.25, 0.3) is 0 Å². The van der Waals surface area contributed by atoms with Crippen molar-refractivity contribution in [3.05, 3.63) is 0 Å². The molecular weight excluding hydrogens is 262 g/mol. The smallest absolute Gasteiger partial charge is 0.428 e. The lowest BCUT2D eigenvalue weighted by Crippen LogP contribution is -2.48. The van der Waals surface area contributed by atoms with Crippen LogP contribution in [0.25, 0.3) is 0 Å². The fraction of sp³-hybridized carbons (Fsp3) is 0.769. The Hall–Kier alpha value is -1.79. The quantitative estimate of drug-likeness (QED) is 0.721. The number of hydrogen-bond donors (Lipinski definition) is 2. The molecule has 20 heavy (non-hydrogen) atoms. The molecular formula is C13H21N3O4. The summed E-state index contributed by atoms with van der Waals surface area (Å²) >= 11 is 0. The zero-order chi connectivity index (χ0) is 15.0. The number of carboxylic acid groups (broad SMARTS) is 1. The SMILES string of the molecule is CC(C)(C)OC(=O)N/N=C1\CCC2(CC2)N(C(=O)O)C1. The van der Waals surface area contributed by atoms with Gasteiger partial charge >= 0.3 is 12.2 Å². The summed E-state index contributed by atoms with van der Waals surface area (Å²) < 4.78 is 5.07. The summed E-state index contributed by atoms with van der Waals surface area (Å²) in [6, 6.07) is 0. The molecule has 112 valence electrons. The monoisotopic (exact) mass is 283 g/mol. The molecule has 2 N–H and O–H groups in total. The van der Waals surface area contributed by atoms with Crippen LogP contribution in [0, 0.1) is 0 Å². The lowest BCUT2D eigenvalue weighted by Gasteiger charge is -2.34. The van der Waals surface area contributed by atoms with E-state index in [1.807, 2.05) is 0 Å². The van der Waals surface area contributed by atoms with Crippen LogP contribution in [0.15, 0.2) is 5.10 Å². The lowest BCUT2D eigenvalue weighted by molar-refractivity contribution is 0.0528. The highest BCUT2D eigenvalue weighted by Crippen LogP contribution is 2.47. The molecule has 1 heterocycles. The molecule has 1 spiro atoms. The van der Waals surface area contributed by atoms with Crippen LogP contribution < -0.4 is 5.43 Å². The van der Waals surface area contributed by atoms with Gasteiger partial charge in [0.1, 0.15) is 5.60 Å². The van der Waals surface area contributed by atoms with Crippen LogP contribution >= 0.6 is 0 Å². The number of piperidine rings is 1. The Balaban J connectivity index is 1.92. The highest BCUT2D eigenvalue weighted by molar-refractivity contribution is 5.91. The standard InChI is InChI=1S/C13H21N3O4/c1-12(2,3)20-10(17)15-14-9-4-5-13(6-7-13)16(8-9)11(18)19/h4-8H2,1-3H3,(H,15,17)(H,18,19)/b14-9+. The molecule has 0 aromatic rings. The van der Waals surface area contributed by atoms with Crippen LogP contribution in [0.1, 0.15) is 46.5 Å². The summed E-state index contributed by atoms with van der Waals surface area (Å²) in [5.74, 6) is 0. The minimum atomic E-state index is -0.924. The first-order valence-electron chi connectivity index (χ1n) is 6.77. The number of carbonyl (C=O) groups is 2. The molecule has 2 rings (SSSR count). The number of likely N-dealkylation sites (tertiary alicyclic amines) is 1. The Bertz CT molecular complexity index is 449. The Morgan fingerprint density at radius 1 is 1.35 bits per heavy atom. The maximum atomic E-state index is 11.5. The lowest BCUT2D eigenvalue weighted by atomic mass is 9.99. The molecule has 7 nitrogen and oxygen atoms in total. The van der Waals surface area contributed by atoms with Gasteiger partial charge in [0.05, 0.1) is 12.3 Å². The van der Waals surface area contributed by atoms with E-state index >= 15 is 0 Å². The summed E-state index contributed by atoms with van der Waals surface area (Å²) in [5.41, 5.74) is 2.23. The second-order valence-corrected chi connectivity index (χ2v) is 6.38. The van der Waals surface area contributed by atoms with E-state index in [0.717, 1.165) is 19.3 Å². The molecule has 1 saturated carbocycles. The zero-order valence-corrected chi connectivity index (χ0v) is 12.1. The average molecular weight is 283 g/mol. The van der Waals surface area contributed by atoms with Crippen LogP contribution in [-0.4, -0.2) is 45.6 Å². The van der Waals surface area contributed by atoms with E-state index in [1.165, 1.54) is 4.90 Å². The molecule has 1 saturated heterocycles. The molecule has 1 aliphatic heterocycles. The third-order valence-corrected chi connectivity index (χ3v) is 3.55. The van der Waals surface area contributed by atoms with Crippen LogP contribution in [-0.2, 0) is 4.74 Å². The molecule has 1 aliphatic carbocycles. The highest BCUT2D eigenvalue weighted by atomic mass is 16.6. The van der Waals surface area contributed by atoms with Crippen molar-refractivity contribution in [3.8, 4) is 0 Å². The minimum Gasteiger partial charge on any atom is -0.465 e. The average Bonchev–Trinajstić information content (AvgIpc) is 3.06. The molecule has 0 aromatic heterocycles. The van der Waals surface area contributed by atoms with E-state index in [2.05, 4.69) is 10.5 Å². The molecule has 0 radical (unpaired) electrons. The highest BCUT2D eigenvalue weighted by Gasteiger charge is 2.52. The van der Waals surface area contributed by atoms with E-state index in [9.17, 15) is 14.7 Å². The first kappa shape index (κ1) is 14.6. The Morgan fingerprint density at radius 3 is 2.50 bits per heavy atom. The third kappa shape index (κ3) is 3.40. The predicted molar refractivity (Wildman–Crippen MR) is 72.7 cm³/mol. The molecule has 2 amide bonds. The predicted octanol–water partition coefficient (Wildman–Crippen LogP) is 2.17. The molecule has 0 aromatic carbocycles. The van der Waals surface area contributed by atoms with E-state index < -0.39 is 17.8 Å². The number of hydrogen-bond acceptors (Lipinski definition) is 4. The summed E-state index contributed by atoms with van der Waals surface area (Å²) in [6.07, 6.45) is 1.78. The molecule has 7 heteroatoms. The molecule has 0 bridgehead atoms. The van der Waals surface area contributed by atoms with E-state index in [-0.39, 0.29) is 12.1 Å². The molecule has 2 fully saturated rings. The summed E-state index contributed by atoms with van der Waals surface area (Å²) in [6.45, 7) is 5.56. The summed E-state index contributed by atoms with van der Waals surface area (Å²) in [7, 11) is 0. The number of ether oxygens (including phenoxy) is 1. The van der Waals surface area contributed by atoms with Gasteiger partial charge in [-0.25, -0.2) is 15.0 Å². The van der Waals surface area contributed by atoms with E-state index in [4.69, 9.17) is 4.74 Å².